The maximum atomic E-state index is 11.0. The van der Waals surface area contributed by atoms with Crippen molar-refractivity contribution in [3.63, 3.8) is 0 Å². The number of hydrogen-bond donors (Lipinski definition) is 1. The van der Waals surface area contributed by atoms with Crippen LogP contribution in [0.2, 0.25) is 19.6 Å². The van der Waals surface area contributed by atoms with E-state index in [1.165, 1.54) is 24.8 Å². The van der Waals surface area contributed by atoms with Gasteiger partial charge < -0.3 is 5.11 Å². The molecule has 0 saturated heterocycles. The molecule has 0 aliphatic carbocycles. The van der Waals surface area contributed by atoms with Gasteiger partial charge in [-0.15, -0.1) is 11.5 Å². The van der Waals surface area contributed by atoms with Crippen molar-refractivity contribution >= 4 is 8.07 Å². The van der Waals surface area contributed by atoms with E-state index < -0.39 is 13.7 Å². The highest BCUT2D eigenvalue weighted by atomic mass is 28.3. The van der Waals surface area contributed by atoms with Crippen molar-refractivity contribution in [3.05, 3.63) is 48.0 Å². The molecule has 2 atom stereocenters. The minimum atomic E-state index is -1.45. The summed E-state index contributed by atoms with van der Waals surface area (Å²) in [7, 11) is -1.45. The van der Waals surface area contributed by atoms with E-state index in [-0.39, 0.29) is 5.92 Å². The van der Waals surface area contributed by atoms with Gasteiger partial charge in [0.05, 0.1) is 11.5 Å². The average molecular weight is 357 g/mol. The molecule has 0 spiro atoms. The summed E-state index contributed by atoms with van der Waals surface area (Å²) >= 11 is 0. The highest BCUT2D eigenvalue weighted by Gasteiger charge is 2.27. The van der Waals surface area contributed by atoms with Gasteiger partial charge in [-0.25, -0.2) is 0 Å². The van der Waals surface area contributed by atoms with Crippen LogP contribution in [0.25, 0.3) is 0 Å². The quantitative estimate of drug-likeness (QED) is 0.249. The molecule has 25 heavy (non-hydrogen) atoms. The Morgan fingerprint density at radius 2 is 1.84 bits per heavy atom. The Hall–Kier alpha value is -1.30. The number of unbranched alkanes of at least 4 members (excludes halogenated alkanes) is 3. The Labute approximate surface area is 156 Å². The standard InChI is InChI=1S/C23H36OSi/c1-6-7-8-9-13-19-23(2,24)22(18-20-25(3,4)5)17-16-21-14-11-10-12-15-21/h10-15,19,22,24H,6-9,16-17H2,1-5H3/b19-13+/t22-,23-/m1/s1. The normalized spacial score (nSPS) is 15.4. The Morgan fingerprint density at radius 1 is 1.16 bits per heavy atom. The second kappa shape index (κ2) is 10.6. The lowest BCUT2D eigenvalue weighted by molar-refractivity contribution is 0.0672. The third kappa shape index (κ3) is 9.68. The molecule has 0 saturated carbocycles. The summed E-state index contributed by atoms with van der Waals surface area (Å²) in [5, 5.41) is 11.0. The van der Waals surface area contributed by atoms with Crippen LogP contribution in [0, 0.1) is 17.4 Å². The highest BCUT2D eigenvalue weighted by molar-refractivity contribution is 6.83. The molecule has 0 aliphatic heterocycles. The predicted octanol–water partition coefficient (Wildman–Crippen LogP) is 6.00. The Bertz CT molecular complexity index is 570. The van der Waals surface area contributed by atoms with Gasteiger partial charge in [0.2, 0.25) is 0 Å². The zero-order valence-electron chi connectivity index (χ0n) is 16.8. The molecule has 138 valence electrons. The van der Waals surface area contributed by atoms with E-state index in [2.05, 4.69) is 68.4 Å². The molecule has 0 radical (unpaired) electrons. The van der Waals surface area contributed by atoms with Gasteiger partial charge in [0.1, 0.15) is 8.07 Å². The van der Waals surface area contributed by atoms with Gasteiger partial charge in [0.15, 0.2) is 0 Å². The van der Waals surface area contributed by atoms with Gasteiger partial charge in [-0.1, -0.05) is 81.9 Å². The number of rotatable bonds is 9. The number of allylic oxidation sites excluding steroid dienone is 1. The van der Waals surface area contributed by atoms with Crippen LogP contribution in [0.4, 0.5) is 0 Å². The van der Waals surface area contributed by atoms with E-state index in [1.54, 1.807) is 0 Å². The van der Waals surface area contributed by atoms with Crippen LogP contribution in [0.15, 0.2) is 42.5 Å². The van der Waals surface area contributed by atoms with Gasteiger partial charge in [0, 0.05) is 0 Å². The molecule has 1 aromatic carbocycles. The van der Waals surface area contributed by atoms with Crippen LogP contribution in [0.1, 0.15) is 51.5 Å². The van der Waals surface area contributed by atoms with Gasteiger partial charge in [-0.3, -0.25) is 0 Å². The molecule has 0 aliphatic rings. The van der Waals surface area contributed by atoms with Crippen LogP contribution in [-0.4, -0.2) is 18.8 Å². The lowest BCUT2D eigenvalue weighted by atomic mass is 9.84. The Balaban J connectivity index is 2.82. The maximum absolute atomic E-state index is 11.0. The zero-order chi connectivity index (χ0) is 18.8. The topological polar surface area (TPSA) is 20.2 Å². The van der Waals surface area contributed by atoms with Gasteiger partial charge in [-0.2, -0.15) is 0 Å². The molecule has 0 unspecified atom stereocenters. The summed E-state index contributed by atoms with van der Waals surface area (Å²) in [6.45, 7) is 10.9. The summed E-state index contributed by atoms with van der Waals surface area (Å²) in [5.74, 6) is 3.41. The van der Waals surface area contributed by atoms with Crippen molar-refractivity contribution in [2.24, 2.45) is 5.92 Å². The van der Waals surface area contributed by atoms with E-state index in [4.69, 9.17) is 0 Å². The van der Waals surface area contributed by atoms with Crippen molar-refractivity contribution in [2.45, 2.75) is 77.6 Å². The fourth-order valence-corrected chi connectivity index (χ4v) is 3.33. The SMILES string of the molecule is CCCCC/C=C/[C@@](C)(O)[C@@H](C#C[Si](C)(C)C)CCc1ccccc1. The molecule has 1 N–H and O–H groups in total. The zero-order valence-corrected chi connectivity index (χ0v) is 17.8. The fraction of sp³-hybridized carbons (Fsp3) is 0.565. The maximum Gasteiger partial charge on any atom is 0.129 e. The van der Waals surface area contributed by atoms with Crippen molar-refractivity contribution in [1.82, 2.24) is 0 Å². The van der Waals surface area contributed by atoms with Crippen molar-refractivity contribution in [2.75, 3.05) is 0 Å². The highest BCUT2D eigenvalue weighted by Crippen LogP contribution is 2.24. The van der Waals surface area contributed by atoms with Gasteiger partial charge in [0.25, 0.3) is 0 Å². The first kappa shape index (κ1) is 21.7. The number of aliphatic hydroxyl groups is 1. The van der Waals surface area contributed by atoms with Crippen LogP contribution in [0.5, 0.6) is 0 Å². The lowest BCUT2D eigenvalue weighted by Gasteiger charge is -2.27. The lowest BCUT2D eigenvalue weighted by Crippen LogP contribution is -2.32. The number of benzene rings is 1. The summed E-state index contributed by atoms with van der Waals surface area (Å²) in [6, 6.07) is 10.5. The molecular weight excluding hydrogens is 320 g/mol. The van der Waals surface area contributed by atoms with E-state index in [1.807, 2.05) is 19.1 Å². The van der Waals surface area contributed by atoms with Crippen LogP contribution < -0.4 is 0 Å². The first-order valence-electron chi connectivity index (χ1n) is 9.71. The first-order valence-corrected chi connectivity index (χ1v) is 13.2. The summed E-state index contributed by atoms with van der Waals surface area (Å²) in [5.41, 5.74) is 3.91. The minimum Gasteiger partial charge on any atom is -0.385 e. The van der Waals surface area contributed by atoms with Gasteiger partial charge >= 0.3 is 0 Å². The molecule has 2 heteroatoms. The van der Waals surface area contributed by atoms with Crippen molar-refractivity contribution in [3.8, 4) is 11.5 Å². The molecular formula is C23H36OSi. The predicted molar refractivity (Wildman–Crippen MR) is 113 cm³/mol. The number of aryl methyl sites for hydroxylation is 1. The molecule has 0 bridgehead atoms. The van der Waals surface area contributed by atoms with E-state index >= 15 is 0 Å². The summed E-state index contributed by atoms with van der Waals surface area (Å²) < 4.78 is 0. The molecule has 0 fully saturated rings. The molecule has 1 aromatic rings. The molecule has 1 nitrogen and oxygen atoms in total. The van der Waals surface area contributed by atoms with Crippen molar-refractivity contribution in [1.29, 1.82) is 0 Å². The average Bonchev–Trinajstić information content (AvgIpc) is 2.54. The summed E-state index contributed by atoms with van der Waals surface area (Å²) in [4.78, 5) is 0. The van der Waals surface area contributed by atoms with Crippen molar-refractivity contribution < 1.29 is 5.11 Å². The van der Waals surface area contributed by atoms with E-state index in [9.17, 15) is 5.11 Å². The number of hydrogen-bond acceptors (Lipinski definition) is 1. The van der Waals surface area contributed by atoms with Crippen LogP contribution in [0.3, 0.4) is 0 Å². The van der Waals surface area contributed by atoms with Crippen LogP contribution in [-0.2, 0) is 6.42 Å². The largest absolute Gasteiger partial charge is 0.385 e. The summed E-state index contributed by atoms with van der Waals surface area (Å²) in [6.07, 6.45) is 10.7. The van der Waals surface area contributed by atoms with Gasteiger partial charge in [-0.05, 0) is 38.2 Å². The third-order valence-electron chi connectivity index (χ3n) is 4.32. The Morgan fingerprint density at radius 3 is 2.44 bits per heavy atom. The second-order valence-electron chi connectivity index (χ2n) is 8.22. The first-order chi connectivity index (χ1) is 11.7. The van der Waals surface area contributed by atoms with Crippen LogP contribution >= 0.6 is 0 Å². The third-order valence-corrected chi connectivity index (χ3v) is 5.22. The smallest absolute Gasteiger partial charge is 0.129 e. The molecule has 0 heterocycles. The van der Waals surface area contributed by atoms with E-state index in [0.29, 0.717) is 0 Å². The molecule has 1 rings (SSSR count). The minimum absolute atomic E-state index is 0.0261. The molecule has 0 aromatic heterocycles. The van der Waals surface area contributed by atoms with E-state index in [0.717, 1.165) is 19.3 Å². The monoisotopic (exact) mass is 356 g/mol. The molecule has 0 amide bonds. The fourth-order valence-electron chi connectivity index (χ4n) is 2.72. The second-order valence-corrected chi connectivity index (χ2v) is 13.0. The Kier molecular flexibility index (Phi) is 9.25.